The van der Waals surface area contributed by atoms with Crippen molar-refractivity contribution in [3.63, 3.8) is 0 Å². The van der Waals surface area contributed by atoms with Crippen molar-refractivity contribution in [3.05, 3.63) is 52.7 Å². The van der Waals surface area contributed by atoms with Gasteiger partial charge in [0.2, 0.25) is 17.6 Å². The number of hydrogen-bond donors (Lipinski definition) is 0. The fraction of sp³-hybridized carbons (Fsp3) is 0.316. The highest BCUT2D eigenvalue weighted by Crippen LogP contribution is 2.29. The van der Waals surface area contributed by atoms with Crippen LogP contribution in [0.5, 0.6) is 0 Å². The van der Waals surface area contributed by atoms with E-state index in [9.17, 15) is 4.79 Å². The number of benzene rings is 1. The molecular weight excluding hydrogens is 334 g/mol. The van der Waals surface area contributed by atoms with Crippen LogP contribution in [0, 0.1) is 6.92 Å². The quantitative estimate of drug-likeness (QED) is 0.711. The smallest absolute Gasteiger partial charge is 0.227 e. The summed E-state index contributed by atoms with van der Waals surface area (Å²) < 4.78 is 5.29. The molecule has 0 bridgehead atoms. The highest BCUT2D eigenvalue weighted by Gasteiger charge is 2.23. The maximum Gasteiger partial charge on any atom is 0.227 e. The van der Waals surface area contributed by atoms with Gasteiger partial charge in [0, 0.05) is 25.1 Å². The molecule has 0 fully saturated rings. The van der Waals surface area contributed by atoms with E-state index in [-0.39, 0.29) is 5.91 Å². The summed E-state index contributed by atoms with van der Waals surface area (Å²) in [5.41, 5.74) is 3.55. The number of nitrogens with zero attached hydrogens (tertiary/aromatic N) is 3. The Hall–Kier alpha value is -2.47. The lowest BCUT2D eigenvalue weighted by atomic mass is 9.99. The summed E-state index contributed by atoms with van der Waals surface area (Å²) in [4.78, 5) is 20.0. The summed E-state index contributed by atoms with van der Waals surface area (Å²) in [5.74, 6) is 1.22. The number of hydrogen-bond acceptors (Lipinski definition) is 5. The van der Waals surface area contributed by atoms with Gasteiger partial charge in [0.1, 0.15) is 0 Å². The first-order valence-corrected chi connectivity index (χ1v) is 9.35. The van der Waals surface area contributed by atoms with E-state index in [1.165, 1.54) is 11.1 Å². The largest absolute Gasteiger partial charge is 0.339 e. The lowest BCUT2D eigenvalue weighted by Gasteiger charge is -2.29. The van der Waals surface area contributed by atoms with Crippen molar-refractivity contribution in [3.8, 4) is 10.7 Å². The molecule has 3 heterocycles. The number of rotatable bonds is 4. The molecule has 0 radical (unpaired) electrons. The zero-order chi connectivity index (χ0) is 17.2. The average molecular weight is 353 g/mol. The minimum Gasteiger partial charge on any atom is -0.339 e. The standard InChI is InChI=1S/C19H19N3O2S/c1-13-6-7-15-14(12-13)4-2-10-22(15)18(23)9-8-17-20-19(21-24-17)16-5-3-11-25-16/h3,5-7,11-12H,2,4,8-10H2,1H3. The predicted molar refractivity (Wildman–Crippen MR) is 97.8 cm³/mol. The molecule has 4 rings (SSSR count). The van der Waals surface area contributed by atoms with Crippen LogP contribution < -0.4 is 4.90 Å². The Balaban J connectivity index is 1.43. The number of amides is 1. The number of aromatic nitrogens is 2. The second-order valence-electron chi connectivity index (χ2n) is 6.27. The first-order valence-electron chi connectivity index (χ1n) is 8.47. The summed E-state index contributed by atoms with van der Waals surface area (Å²) in [6.45, 7) is 2.86. The monoisotopic (exact) mass is 353 g/mol. The highest BCUT2D eigenvalue weighted by molar-refractivity contribution is 7.13. The maximum absolute atomic E-state index is 12.7. The molecule has 0 unspecified atom stereocenters. The lowest BCUT2D eigenvalue weighted by molar-refractivity contribution is -0.118. The lowest BCUT2D eigenvalue weighted by Crippen LogP contribution is -2.35. The Kier molecular flexibility index (Phi) is 4.36. The summed E-state index contributed by atoms with van der Waals surface area (Å²) in [7, 11) is 0. The molecule has 5 nitrogen and oxygen atoms in total. The van der Waals surface area contributed by atoms with Crippen LogP contribution in [-0.2, 0) is 17.6 Å². The Morgan fingerprint density at radius 3 is 3.12 bits per heavy atom. The van der Waals surface area contributed by atoms with Gasteiger partial charge in [-0.05, 0) is 42.8 Å². The molecule has 0 atom stereocenters. The summed E-state index contributed by atoms with van der Waals surface area (Å²) in [5, 5.41) is 5.97. The van der Waals surface area contributed by atoms with Crippen LogP contribution in [0.4, 0.5) is 5.69 Å². The zero-order valence-electron chi connectivity index (χ0n) is 14.1. The molecule has 3 aromatic rings. The third-order valence-corrected chi connectivity index (χ3v) is 5.28. The van der Waals surface area contributed by atoms with Crippen LogP contribution in [0.2, 0.25) is 0 Å². The Labute approximate surface area is 150 Å². The first kappa shape index (κ1) is 16.0. The summed E-state index contributed by atoms with van der Waals surface area (Å²) >= 11 is 1.57. The molecule has 1 aliphatic rings. The average Bonchev–Trinajstić information content (AvgIpc) is 3.30. The van der Waals surface area contributed by atoms with Crippen molar-refractivity contribution in [1.82, 2.24) is 10.1 Å². The van der Waals surface area contributed by atoms with E-state index < -0.39 is 0 Å². The van der Waals surface area contributed by atoms with Crippen molar-refractivity contribution < 1.29 is 9.32 Å². The van der Waals surface area contributed by atoms with Crippen molar-refractivity contribution >= 4 is 22.9 Å². The molecule has 0 saturated carbocycles. The number of carbonyl (C=O) groups excluding carboxylic acids is 1. The summed E-state index contributed by atoms with van der Waals surface area (Å²) in [6.07, 6.45) is 2.88. The maximum atomic E-state index is 12.7. The van der Waals surface area contributed by atoms with Crippen LogP contribution in [0.3, 0.4) is 0 Å². The molecule has 6 heteroatoms. The van der Waals surface area contributed by atoms with Gasteiger partial charge in [-0.1, -0.05) is 28.9 Å². The molecule has 0 N–H and O–H groups in total. The zero-order valence-corrected chi connectivity index (χ0v) is 14.9. The van der Waals surface area contributed by atoms with E-state index in [1.54, 1.807) is 11.3 Å². The fourth-order valence-corrected chi connectivity index (χ4v) is 3.85. The van der Waals surface area contributed by atoms with Crippen LogP contribution in [0.15, 0.2) is 40.2 Å². The number of thiophene rings is 1. The van der Waals surface area contributed by atoms with E-state index in [1.807, 2.05) is 22.4 Å². The van der Waals surface area contributed by atoms with Gasteiger partial charge in [-0.2, -0.15) is 4.98 Å². The van der Waals surface area contributed by atoms with Crippen molar-refractivity contribution in [2.45, 2.75) is 32.6 Å². The van der Waals surface area contributed by atoms with Crippen LogP contribution >= 0.6 is 11.3 Å². The minimum atomic E-state index is 0.112. The van der Waals surface area contributed by atoms with E-state index in [2.05, 4.69) is 35.3 Å². The van der Waals surface area contributed by atoms with Crippen LogP contribution in [0.1, 0.15) is 29.9 Å². The van der Waals surface area contributed by atoms with Gasteiger partial charge in [0.15, 0.2) is 0 Å². The van der Waals surface area contributed by atoms with Crippen molar-refractivity contribution in [2.75, 3.05) is 11.4 Å². The van der Waals surface area contributed by atoms with Crippen molar-refractivity contribution in [1.29, 1.82) is 0 Å². The number of anilines is 1. The molecule has 1 aliphatic heterocycles. The third-order valence-electron chi connectivity index (χ3n) is 4.42. The normalized spacial score (nSPS) is 13.7. The van der Waals surface area contributed by atoms with Crippen LogP contribution in [0.25, 0.3) is 10.7 Å². The molecule has 1 amide bonds. The van der Waals surface area contributed by atoms with Gasteiger partial charge in [0.05, 0.1) is 4.88 Å². The van der Waals surface area contributed by atoms with Gasteiger partial charge in [-0.25, -0.2) is 0 Å². The van der Waals surface area contributed by atoms with Gasteiger partial charge in [0.25, 0.3) is 0 Å². The molecular formula is C19H19N3O2S. The van der Waals surface area contributed by atoms with Gasteiger partial charge in [-0.15, -0.1) is 11.3 Å². The molecule has 0 aliphatic carbocycles. The molecule has 0 spiro atoms. The van der Waals surface area contributed by atoms with Gasteiger partial charge in [-0.3, -0.25) is 4.79 Å². The molecule has 128 valence electrons. The predicted octanol–water partition coefficient (Wildman–Crippen LogP) is 4.02. The molecule has 1 aromatic carbocycles. The van der Waals surface area contributed by atoms with Crippen LogP contribution in [-0.4, -0.2) is 22.6 Å². The van der Waals surface area contributed by atoms with E-state index in [0.717, 1.165) is 30.0 Å². The Morgan fingerprint density at radius 1 is 1.36 bits per heavy atom. The number of fused-ring (bicyclic) bond motifs is 1. The first-order chi connectivity index (χ1) is 12.2. The fourth-order valence-electron chi connectivity index (χ4n) is 3.20. The molecule has 0 saturated heterocycles. The Morgan fingerprint density at radius 2 is 2.28 bits per heavy atom. The third kappa shape index (κ3) is 3.35. The highest BCUT2D eigenvalue weighted by atomic mass is 32.1. The minimum absolute atomic E-state index is 0.112. The number of carbonyl (C=O) groups is 1. The topological polar surface area (TPSA) is 59.2 Å². The van der Waals surface area contributed by atoms with E-state index in [4.69, 9.17) is 4.52 Å². The summed E-state index contributed by atoms with van der Waals surface area (Å²) in [6, 6.07) is 10.2. The van der Waals surface area contributed by atoms with Crippen molar-refractivity contribution in [2.24, 2.45) is 0 Å². The van der Waals surface area contributed by atoms with E-state index >= 15 is 0 Å². The second-order valence-corrected chi connectivity index (χ2v) is 7.22. The SMILES string of the molecule is Cc1ccc2c(c1)CCCN2C(=O)CCc1nc(-c2cccs2)no1. The second kappa shape index (κ2) is 6.80. The molecule has 2 aromatic heterocycles. The molecule has 25 heavy (non-hydrogen) atoms. The number of aryl methyl sites for hydroxylation is 3. The van der Waals surface area contributed by atoms with E-state index in [0.29, 0.717) is 24.6 Å². The Bertz CT molecular complexity index is 886. The van der Waals surface area contributed by atoms with Gasteiger partial charge >= 0.3 is 0 Å². The van der Waals surface area contributed by atoms with Gasteiger partial charge < -0.3 is 9.42 Å².